The third-order valence-corrected chi connectivity index (χ3v) is 6.58. The molecule has 0 bridgehead atoms. The van der Waals surface area contributed by atoms with E-state index in [0.29, 0.717) is 29.2 Å². The number of H-pyrrole nitrogens is 1. The Labute approximate surface area is 209 Å². The van der Waals surface area contributed by atoms with Crippen LogP contribution in [0, 0.1) is 6.92 Å². The van der Waals surface area contributed by atoms with E-state index in [1.165, 1.54) is 11.9 Å². The van der Waals surface area contributed by atoms with E-state index in [4.69, 9.17) is 14.6 Å². The van der Waals surface area contributed by atoms with E-state index >= 15 is 0 Å². The molecule has 0 aliphatic carbocycles. The van der Waals surface area contributed by atoms with Gasteiger partial charge >= 0.3 is 0 Å². The van der Waals surface area contributed by atoms with Crippen molar-refractivity contribution in [3.8, 4) is 22.6 Å². The van der Waals surface area contributed by atoms with Gasteiger partial charge < -0.3 is 14.5 Å². The molecule has 36 heavy (non-hydrogen) atoms. The van der Waals surface area contributed by atoms with Crippen LogP contribution in [0.2, 0.25) is 0 Å². The first-order valence-electron chi connectivity index (χ1n) is 11.7. The summed E-state index contributed by atoms with van der Waals surface area (Å²) in [6.45, 7) is 3.50. The van der Waals surface area contributed by atoms with Crippen LogP contribution in [0.1, 0.15) is 36.1 Å². The van der Waals surface area contributed by atoms with Gasteiger partial charge in [-0.05, 0) is 36.8 Å². The number of nitrogens with zero attached hydrogens (tertiary/aromatic N) is 2. The van der Waals surface area contributed by atoms with Gasteiger partial charge in [0.15, 0.2) is 0 Å². The summed E-state index contributed by atoms with van der Waals surface area (Å²) in [5.74, 6) is 1.04. The maximum Gasteiger partial charge on any atom is 0.258 e. The van der Waals surface area contributed by atoms with Gasteiger partial charge in [-0.3, -0.25) is 9.59 Å². The molecule has 1 N–H and O–H groups in total. The van der Waals surface area contributed by atoms with E-state index < -0.39 is 6.04 Å². The lowest BCUT2D eigenvalue weighted by molar-refractivity contribution is -0.130. The Bertz CT molecular complexity index is 1550. The normalized spacial score (nSPS) is 15.2. The van der Waals surface area contributed by atoms with Gasteiger partial charge in [-0.1, -0.05) is 48.0 Å². The summed E-state index contributed by atoms with van der Waals surface area (Å²) in [6.07, 6.45) is 0.351. The lowest BCUT2D eigenvalue weighted by atomic mass is 9.90. The zero-order valence-corrected chi connectivity index (χ0v) is 20.7. The molecule has 0 radical (unpaired) electrons. The summed E-state index contributed by atoms with van der Waals surface area (Å²) in [5, 5.41) is 7.05. The number of fused-ring (bicyclic) bond motifs is 1. The monoisotopic (exact) mass is 481 g/mol. The first-order chi connectivity index (χ1) is 17.4. The van der Waals surface area contributed by atoms with Crippen molar-refractivity contribution in [3.05, 3.63) is 93.8 Å². The minimum absolute atomic E-state index is 0.228. The minimum atomic E-state index is -0.445. The number of rotatable bonds is 5. The summed E-state index contributed by atoms with van der Waals surface area (Å²) in [7, 11) is 3.18. The molecule has 0 unspecified atom stereocenters. The molecule has 0 fully saturated rings. The number of nitrogens with one attached hydrogen (secondary N) is 1. The van der Waals surface area contributed by atoms with Crippen LogP contribution in [0.4, 0.5) is 0 Å². The lowest BCUT2D eigenvalue weighted by Crippen LogP contribution is -2.24. The molecule has 3 aromatic carbocycles. The number of hydrazone groups is 1. The number of methoxy groups -OCH3 is 2. The zero-order chi connectivity index (χ0) is 25.4. The molecule has 7 nitrogen and oxygen atoms in total. The molecule has 182 valence electrons. The molecule has 1 aliphatic rings. The number of aromatic nitrogens is 1. The summed E-state index contributed by atoms with van der Waals surface area (Å²) in [5.41, 5.74) is 5.11. The highest BCUT2D eigenvalue weighted by Gasteiger charge is 2.35. The van der Waals surface area contributed by atoms with E-state index in [-0.39, 0.29) is 11.5 Å². The van der Waals surface area contributed by atoms with Gasteiger partial charge in [0.1, 0.15) is 11.5 Å². The number of pyridine rings is 1. The minimum Gasteiger partial charge on any atom is -0.497 e. The number of carbonyl (C=O) groups is 1. The molecule has 0 saturated carbocycles. The Morgan fingerprint density at radius 2 is 1.75 bits per heavy atom. The third kappa shape index (κ3) is 4.02. The highest BCUT2D eigenvalue weighted by Crippen LogP contribution is 2.41. The Kier molecular flexibility index (Phi) is 6.06. The van der Waals surface area contributed by atoms with E-state index in [1.807, 2.05) is 67.6 Å². The van der Waals surface area contributed by atoms with Crippen LogP contribution in [-0.2, 0) is 4.79 Å². The average Bonchev–Trinajstić information content (AvgIpc) is 3.33. The van der Waals surface area contributed by atoms with Crippen LogP contribution in [0.15, 0.2) is 76.6 Å². The van der Waals surface area contributed by atoms with Gasteiger partial charge in [0.2, 0.25) is 5.91 Å². The Morgan fingerprint density at radius 1 is 1.00 bits per heavy atom. The molecule has 2 heterocycles. The lowest BCUT2D eigenvalue weighted by Gasteiger charge is -2.23. The van der Waals surface area contributed by atoms with Crippen molar-refractivity contribution in [2.75, 3.05) is 14.2 Å². The fourth-order valence-electron chi connectivity index (χ4n) is 4.83. The zero-order valence-electron chi connectivity index (χ0n) is 20.7. The second-order valence-electron chi connectivity index (χ2n) is 8.85. The van der Waals surface area contributed by atoms with Crippen molar-refractivity contribution < 1.29 is 14.3 Å². The number of hydrogen-bond acceptors (Lipinski definition) is 5. The van der Waals surface area contributed by atoms with Gasteiger partial charge in [-0.2, -0.15) is 5.10 Å². The standard InChI is InChI=1S/C29H27N3O4/c1-17-9-11-19(12-10-17)27-21-7-5-6-8-23(21)30-29(34)28(27)24-16-25(32(31-24)18(2)33)22-15-20(35-3)13-14-26(22)36-4/h5-15,25H,16H2,1-4H3,(H,30,34)/t25-/m1/s1. The van der Waals surface area contributed by atoms with Crippen molar-refractivity contribution in [2.45, 2.75) is 26.3 Å². The molecule has 1 atom stereocenters. The van der Waals surface area contributed by atoms with E-state index in [1.54, 1.807) is 20.3 Å². The molecule has 5 rings (SSSR count). The maximum atomic E-state index is 13.5. The van der Waals surface area contributed by atoms with E-state index in [0.717, 1.165) is 33.2 Å². The van der Waals surface area contributed by atoms with Crippen LogP contribution in [0.5, 0.6) is 11.5 Å². The average molecular weight is 482 g/mol. The van der Waals surface area contributed by atoms with Crippen LogP contribution in [-0.4, -0.2) is 35.8 Å². The van der Waals surface area contributed by atoms with Gasteiger partial charge in [0, 0.05) is 35.4 Å². The molecule has 1 amide bonds. The van der Waals surface area contributed by atoms with Crippen molar-refractivity contribution in [3.63, 3.8) is 0 Å². The number of benzene rings is 3. The second-order valence-corrected chi connectivity index (χ2v) is 8.85. The Morgan fingerprint density at radius 3 is 2.44 bits per heavy atom. The highest BCUT2D eigenvalue weighted by atomic mass is 16.5. The van der Waals surface area contributed by atoms with E-state index in [2.05, 4.69) is 4.98 Å². The smallest absolute Gasteiger partial charge is 0.258 e. The quantitative estimate of drug-likeness (QED) is 0.424. The number of aryl methyl sites for hydroxylation is 1. The number of hydrogen-bond donors (Lipinski definition) is 1. The van der Waals surface area contributed by atoms with Crippen LogP contribution in [0.3, 0.4) is 0 Å². The van der Waals surface area contributed by atoms with Crippen LogP contribution in [0.25, 0.3) is 22.0 Å². The van der Waals surface area contributed by atoms with Crippen molar-refractivity contribution in [2.24, 2.45) is 5.10 Å². The summed E-state index contributed by atoms with van der Waals surface area (Å²) >= 11 is 0. The molecular weight excluding hydrogens is 454 g/mol. The fourth-order valence-corrected chi connectivity index (χ4v) is 4.83. The van der Waals surface area contributed by atoms with Crippen LogP contribution < -0.4 is 15.0 Å². The largest absolute Gasteiger partial charge is 0.497 e. The molecule has 1 aliphatic heterocycles. The predicted molar refractivity (Wildman–Crippen MR) is 141 cm³/mol. The number of para-hydroxylation sites is 1. The number of amides is 1. The van der Waals surface area contributed by atoms with Crippen LogP contribution >= 0.6 is 0 Å². The van der Waals surface area contributed by atoms with E-state index in [9.17, 15) is 9.59 Å². The number of aromatic amines is 1. The van der Waals surface area contributed by atoms with Crippen molar-refractivity contribution in [1.29, 1.82) is 0 Å². The van der Waals surface area contributed by atoms with Gasteiger partial charge in [0.25, 0.3) is 5.56 Å². The fraction of sp³-hybridized carbons (Fsp3) is 0.207. The molecular formula is C29H27N3O4. The SMILES string of the molecule is COc1ccc(OC)c([C@H]2CC(c3c(-c4ccc(C)cc4)c4ccccc4[nH]c3=O)=NN2C(C)=O)c1. The Hall–Kier alpha value is -4.39. The number of carbonyl (C=O) groups excluding carboxylic acids is 1. The highest BCUT2D eigenvalue weighted by molar-refractivity contribution is 6.12. The molecule has 0 saturated heterocycles. The third-order valence-electron chi connectivity index (χ3n) is 6.58. The second kappa shape index (κ2) is 9.34. The molecule has 1 aromatic heterocycles. The summed E-state index contributed by atoms with van der Waals surface area (Å²) in [6, 6.07) is 20.8. The topological polar surface area (TPSA) is 84.0 Å². The first-order valence-corrected chi connectivity index (χ1v) is 11.7. The van der Waals surface area contributed by atoms with Crippen molar-refractivity contribution >= 4 is 22.5 Å². The summed E-state index contributed by atoms with van der Waals surface area (Å²) in [4.78, 5) is 29.3. The summed E-state index contributed by atoms with van der Waals surface area (Å²) < 4.78 is 11.0. The Balaban J connectivity index is 1.72. The molecule has 0 spiro atoms. The van der Waals surface area contributed by atoms with Crippen molar-refractivity contribution in [1.82, 2.24) is 9.99 Å². The molecule has 7 heteroatoms. The maximum absolute atomic E-state index is 13.5. The van der Waals surface area contributed by atoms with Gasteiger partial charge in [-0.15, -0.1) is 0 Å². The number of ether oxygens (including phenoxy) is 2. The predicted octanol–water partition coefficient (Wildman–Crippen LogP) is 5.22. The first kappa shape index (κ1) is 23.4. The molecule has 4 aromatic rings. The van der Waals surface area contributed by atoms with Gasteiger partial charge in [-0.25, -0.2) is 5.01 Å². The van der Waals surface area contributed by atoms with Gasteiger partial charge in [0.05, 0.1) is 31.5 Å².